The fourth-order valence-corrected chi connectivity index (χ4v) is 3.51. The summed E-state index contributed by atoms with van der Waals surface area (Å²) >= 11 is 2.01. The summed E-state index contributed by atoms with van der Waals surface area (Å²) in [7, 11) is 0. The summed E-state index contributed by atoms with van der Waals surface area (Å²) in [5.74, 6) is -1.44. The first-order valence-electron chi connectivity index (χ1n) is 10.2. The van der Waals surface area contributed by atoms with Gasteiger partial charge in [-0.25, -0.2) is 9.87 Å². The van der Waals surface area contributed by atoms with Crippen molar-refractivity contribution in [1.82, 2.24) is 20.8 Å². The van der Waals surface area contributed by atoms with E-state index in [1.807, 2.05) is 22.6 Å². The van der Waals surface area contributed by atoms with Crippen LogP contribution in [0.2, 0.25) is 0 Å². The summed E-state index contributed by atoms with van der Waals surface area (Å²) in [6.45, 7) is 0.494. The smallest absolute Gasteiger partial charge is 0.312 e. The summed E-state index contributed by atoms with van der Waals surface area (Å²) in [6, 6.07) is 9.63. The Balaban J connectivity index is 1.36. The molecule has 4 rings (SSSR count). The minimum Gasteiger partial charge on any atom is -0.448 e. The lowest BCUT2D eigenvalue weighted by Gasteiger charge is -2.09. The molecule has 0 aliphatic heterocycles. The predicted octanol–water partition coefficient (Wildman–Crippen LogP) is 4.19. The van der Waals surface area contributed by atoms with Crippen molar-refractivity contribution in [1.29, 1.82) is 0 Å². The van der Waals surface area contributed by atoms with Gasteiger partial charge in [-0.3, -0.25) is 24.4 Å². The number of amides is 2. The number of halogens is 2. The van der Waals surface area contributed by atoms with Crippen molar-refractivity contribution in [3.8, 4) is 0 Å². The Kier molecular flexibility index (Phi) is 7.65. The number of pyridine rings is 2. The van der Waals surface area contributed by atoms with Crippen LogP contribution in [-0.2, 0) is 4.84 Å². The third-order valence-corrected chi connectivity index (χ3v) is 5.35. The van der Waals surface area contributed by atoms with Crippen LogP contribution in [0, 0.1) is 9.39 Å². The fraction of sp³-hybridized carbons (Fsp3) is 0.130. The molecule has 0 fully saturated rings. The number of carbonyl (C=O) groups excluding carboxylic acids is 2. The summed E-state index contributed by atoms with van der Waals surface area (Å²) in [4.78, 5) is 37.9. The van der Waals surface area contributed by atoms with Crippen molar-refractivity contribution in [2.75, 3.05) is 18.5 Å². The zero-order chi connectivity index (χ0) is 23.9. The number of anilines is 2. The minimum atomic E-state index is -0.649. The van der Waals surface area contributed by atoms with Gasteiger partial charge in [-0.1, -0.05) is 0 Å². The average molecular weight is 575 g/mol. The second-order valence-corrected chi connectivity index (χ2v) is 8.30. The molecule has 0 saturated carbocycles. The molecule has 11 heteroatoms. The van der Waals surface area contributed by atoms with Crippen LogP contribution in [0.3, 0.4) is 0 Å². The zero-order valence-corrected chi connectivity index (χ0v) is 19.8. The Hall–Kier alpha value is -3.58. The second-order valence-electron chi connectivity index (χ2n) is 7.06. The number of furan rings is 1. The number of fused-ring (bicyclic) bond motifs is 1. The highest BCUT2D eigenvalue weighted by Gasteiger charge is 2.22. The molecule has 174 valence electrons. The number of carbonyl (C=O) groups is 2. The number of rotatable bonds is 9. The number of benzene rings is 1. The molecule has 0 unspecified atom stereocenters. The van der Waals surface area contributed by atoms with Crippen LogP contribution in [0.5, 0.6) is 0 Å². The number of nitrogens with zero attached hydrogens (tertiary/aromatic N) is 2. The molecule has 34 heavy (non-hydrogen) atoms. The van der Waals surface area contributed by atoms with E-state index < -0.39 is 11.7 Å². The molecule has 3 heterocycles. The van der Waals surface area contributed by atoms with E-state index in [1.165, 1.54) is 24.7 Å². The first-order valence-corrected chi connectivity index (χ1v) is 11.3. The van der Waals surface area contributed by atoms with Gasteiger partial charge in [0.25, 0.3) is 5.91 Å². The van der Waals surface area contributed by atoms with Crippen LogP contribution in [0.4, 0.5) is 15.8 Å². The van der Waals surface area contributed by atoms with Crippen molar-refractivity contribution in [2.24, 2.45) is 0 Å². The van der Waals surface area contributed by atoms with E-state index in [9.17, 15) is 14.0 Å². The van der Waals surface area contributed by atoms with Crippen LogP contribution in [0.15, 0.2) is 65.6 Å². The quantitative estimate of drug-likeness (QED) is 0.156. The second kappa shape index (κ2) is 11.0. The van der Waals surface area contributed by atoms with E-state index in [-0.39, 0.29) is 29.6 Å². The fourth-order valence-electron chi connectivity index (χ4n) is 3.06. The molecule has 9 nitrogen and oxygen atoms in total. The number of aromatic nitrogens is 2. The highest BCUT2D eigenvalue weighted by Crippen LogP contribution is 2.33. The molecule has 0 bridgehead atoms. The van der Waals surface area contributed by atoms with Gasteiger partial charge in [0.1, 0.15) is 17.1 Å². The Bertz CT molecular complexity index is 1320. The minimum absolute atomic E-state index is 0.0779. The van der Waals surface area contributed by atoms with Crippen molar-refractivity contribution in [2.45, 2.75) is 6.42 Å². The topological polar surface area (TPSA) is 118 Å². The maximum Gasteiger partial charge on any atom is 0.312 e. The van der Waals surface area contributed by atoms with Gasteiger partial charge in [-0.2, -0.15) is 0 Å². The largest absolute Gasteiger partial charge is 0.448 e. The van der Waals surface area contributed by atoms with E-state index in [1.54, 1.807) is 36.5 Å². The van der Waals surface area contributed by atoms with Crippen LogP contribution in [0.25, 0.3) is 11.0 Å². The molecule has 4 aromatic rings. The summed E-state index contributed by atoms with van der Waals surface area (Å²) in [5, 5.41) is 6.19. The van der Waals surface area contributed by atoms with Crippen LogP contribution < -0.4 is 16.1 Å². The predicted molar refractivity (Wildman–Crippen MR) is 131 cm³/mol. The zero-order valence-electron chi connectivity index (χ0n) is 17.7. The SMILES string of the molecule is O=C(NCCCONC(=O)c1oc2ccncc2c1Nc1ccc(I)cc1F)c1cccnc1. The average Bonchev–Trinajstić information content (AvgIpc) is 3.22. The number of hydrogen-bond acceptors (Lipinski definition) is 7. The third-order valence-electron chi connectivity index (χ3n) is 4.68. The standard InChI is InChI=1S/C23H19FIN5O4/c24-17-11-15(25)4-5-18(17)29-20-16-13-27-9-6-19(16)34-21(20)23(32)30-33-10-2-8-28-22(31)14-3-1-7-26-12-14/h1,3-7,9,11-13,29H,2,8,10H2,(H,28,31)(H,30,32). The lowest BCUT2D eigenvalue weighted by Crippen LogP contribution is -2.28. The Morgan fingerprint density at radius 3 is 2.74 bits per heavy atom. The third kappa shape index (κ3) is 5.66. The molecule has 0 spiro atoms. The summed E-state index contributed by atoms with van der Waals surface area (Å²) in [6.07, 6.45) is 6.56. The highest BCUT2D eigenvalue weighted by atomic mass is 127. The molecule has 2 amide bonds. The summed E-state index contributed by atoms with van der Waals surface area (Å²) in [5.41, 5.74) is 3.64. The van der Waals surface area contributed by atoms with Crippen molar-refractivity contribution < 1.29 is 23.2 Å². The van der Waals surface area contributed by atoms with Crippen LogP contribution in [0.1, 0.15) is 27.3 Å². The molecule has 0 atom stereocenters. The molecule has 1 aromatic carbocycles. The van der Waals surface area contributed by atoms with E-state index in [0.29, 0.717) is 29.5 Å². The Morgan fingerprint density at radius 1 is 1.09 bits per heavy atom. The van der Waals surface area contributed by atoms with Crippen molar-refractivity contribution >= 4 is 56.7 Å². The number of nitrogens with one attached hydrogen (secondary N) is 3. The maximum absolute atomic E-state index is 14.4. The Morgan fingerprint density at radius 2 is 1.94 bits per heavy atom. The van der Waals surface area contributed by atoms with Crippen molar-refractivity contribution in [3.05, 3.63) is 81.9 Å². The van der Waals surface area contributed by atoms with Gasteiger partial charge in [0, 0.05) is 34.9 Å². The lowest BCUT2D eigenvalue weighted by atomic mass is 10.2. The molecule has 0 aliphatic rings. The molecule has 3 N–H and O–H groups in total. The van der Waals surface area contributed by atoms with Gasteiger partial charge in [0.05, 0.1) is 23.2 Å². The van der Waals surface area contributed by atoms with E-state index >= 15 is 0 Å². The highest BCUT2D eigenvalue weighted by molar-refractivity contribution is 14.1. The van der Waals surface area contributed by atoms with Gasteiger partial charge in [-0.05, 0) is 65.4 Å². The van der Waals surface area contributed by atoms with Crippen molar-refractivity contribution in [3.63, 3.8) is 0 Å². The first kappa shape index (κ1) is 23.6. The normalized spacial score (nSPS) is 10.8. The molecule has 0 saturated heterocycles. The lowest BCUT2D eigenvalue weighted by molar-refractivity contribution is 0.0283. The Labute approximate surface area is 207 Å². The molecular weight excluding hydrogens is 556 g/mol. The molecular formula is C23H19FIN5O4. The van der Waals surface area contributed by atoms with Crippen LogP contribution in [-0.4, -0.2) is 34.9 Å². The van der Waals surface area contributed by atoms with E-state index in [0.717, 1.165) is 3.57 Å². The van der Waals surface area contributed by atoms with Gasteiger partial charge < -0.3 is 15.1 Å². The summed E-state index contributed by atoms with van der Waals surface area (Å²) < 4.78 is 20.8. The monoisotopic (exact) mass is 575 g/mol. The number of hydrogen-bond donors (Lipinski definition) is 3. The van der Waals surface area contributed by atoms with Crippen LogP contribution >= 0.6 is 22.6 Å². The molecule has 0 aliphatic carbocycles. The number of hydroxylamine groups is 1. The first-order chi connectivity index (χ1) is 16.5. The van der Waals surface area contributed by atoms with Gasteiger partial charge in [0.15, 0.2) is 0 Å². The maximum atomic E-state index is 14.4. The van der Waals surface area contributed by atoms with Gasteiger partial charge in [-0.15, -0.1) is 0 Å². The molecule has 3 aromatic heterocycles. The van der Waals surface area contributed by atoms with Gasteiger partial charge >= 0.3 is 5.91 Å². The van der Waals surface area contributed by atoms with E-state index in [4.69, 9.17) is 9.25 Å². The van der Waals surface area contributed by atoms with E-state index in [2.05, 4.69) is 26.1 Å². The van der Waals surface area contributed by atoms with Gasteiger partial charge in [0.2, 0.25) is 5.76 Å². The molecule has 0 radical (unpaired) electrons.